The van der Waals surface area contributed by atoms with Gasteiger partial charge in [0.2, 0.25) is 0 Å². The molecule has 0 aromatic heterocycles. The van der Waals surface area contributed by atoms with Crippen LogP contribution >= 0.6 is 0 Å². The summed E-state index contributed by atoms with van der Waals surface area (Å²) in [5, 5.41) is 3.63. The average Bonchev–Trinajstić information content (AvgIpc) is 2.70. The molecule has 0 saturated carbocycles. The molecule has 17 heavy (non-hydrogen) atoms. The number of hydrogen-bond donors (Lipinski definition) is 1. The molecule has 1 aromatic rings. The number of methoxy groups -OCH3 is 1. The highest BCUT2D eigenvalue weighted by Gasteiger charge is 2.34. The first-order valence-corrected chi connectivity index (χ1v) is 6.40. The van der Waals surface area contributed by atoms with E-state index in [1.54, 1.807) is 7.11 Å². The van der Waals surface area contributed by atoms with Crippen LogP contribution in [0.2, 0.25) is 0 Å². The first-order chi connectivity index (χ1) is 7.99. The van der Waals surface area contributed by atoms with Crippen LogP contribution in [-0.2, 0) is 5.54 Å². The third kappa shape index (κ3) is 1.95. The Labute approximate surface area is 104 Å². The van der Waals surface area contributed by atoms with E-state index in [0.717, 1.165) is 12.3 Å². The lowest BCUT2D eigenvalue weighted by Crippen LogP contribution is -2.34. The van der Waals surface area contributed by atoms with E-state index in [4.69, 9.17) is 4.74 Å². The van der Waals surface area contributed by atoms with Crippen LogP contribution in [0, 0.1) is 20.8 Å². The molecule has 0 aliphatic carbocycles. The molecule has 1 saturated heterocycles. The standard InChI is InChI=1S/C15H23NO/c1-10-9-11(2)13(14(17-5)12(10)3)15(4)7-6-8-16-15/h9,16H,6-8H2,1-5H3. The van der Waals surface area contributed by atoms with Crippen molar-refractivity contribution in [3.8, 4) is 5.75 Å². The van der Waals surface area contributed by atoms with Crippen LogP contribution in [0.15, 0.2) is 6.07 Å². The Morgan fingerprint density at radius 3 is 2.47 bits per heavy atom. The van der Waals surface area contributed by atoms with Crippen molar-refractivity contribution >= 4 is 0 Å². The van der Waals surface area contributed by atoms with Gasteiger partial charge in [-0.3, -0.25) is 0 Å². The smallest absolute Gasteiger partial charge is 0.127 e. The van der Waals surface area contributed by atoms with Gasteiger partial charge >= 0.3 is 0 Å². The van der Waals surface area contributed by atoms with Gasteiger partial charge in [-0.2, -0.15) is 0 Å². The molecule has 1 unspecified atom stereocenters. The van der Waals surface area contributed by atoms with Gasteiger partial charge in [0.25, 0.3) is 0 Å². The summed E-state index contributed by atoms with van der Waals surface area (Å²) in [6, 6.07) is 2.28. The van der Waals surface area contributed by atoms with Crippen molar-refractivity contribution in [3.63, 3.8) is 0 Å². The molecule has 2 nitrogen and oxygen atoms in total. The normalized spacial score (nSPS) is 24.1. The van der Waals surface area contributed by atoms with E-state index in [-0.39, 0.29) is 5.54 Å². The monoisotopic (exact) mass is 233 g/mol. The third-order valence-corrected chi connectivity index (χ3v) is 4.11. The first-order valence-electron chi connectivity index (χ1n) is 6.40. The second kappa shape index (κ2) is 4.34. The third-order valence-electron chi connectivity index (χ3n) is 4.11. The maximum absolute atomic E-state index is 5.68. The molecule has 1 aliphatic heterocycles. The Bertz CT molecular complexity index is 431. The Balaban J connectivity index is 2.63. The Hall–Kier alpha value is -1.02. The summed E-state index contributed by atoms with van der Waals surface area (Å²) in [6.07, 6.45) is 2.43. The quantitative estimate of drug-likeness (QED) is 0.847. The Morgan fingerprint density at radius 1 is 1.24 bits per heavy atom. The molecule has 1 aromatic carbocycles. The maximum Gasteiger partial charge on any atom is 0.127 e. The minimum absolute atomic E-state index is 0.0773. The van der Waals surface area contributed by atoms with Crippen LogP contribution in [0.25, 0.3) is 0 Å². The lowest BCUT2D eigenvalue weighted by atomic mass is 9.84. The minimum Gasteiger partial charge on any atom is -0.496 e. The lowest BCUT2D eigenvalue weighted by Gasteiger charge is -2.30. The van der Waals surface area contributed by atoms with E-state index >= 15 is 0 Å². The van der Waals surface area contributed by atoms with Crippen LogP contribution < -0.4 is 10.1 Å². The SMILES string of the molecule is COc1c(C)c(C)cc(C)c1C1(C)CCCN1. The van der Waals surface area contributed by atoms with Crippen molar-refractivity contribution in [1.82, 2.24) is 5.32 Å². The molecular weight excluding hydrogens is 210 g/mol. The van der Waals surface area contributed by atoms with E-state index in [2.05, 4.69) is 39.1 Å². The van der Waals surface area contributed by atoms with Crippen LogP contribution in [0.3, 0.4) is 0 Å². The topological polar surface area (TPSA) is 21.3 Å². The van der Waals surface area contributed by atoms with E-state index < -0.39 is 0 Å². The zero-order valence-corrected chi connectivity index (χ0v) is 11.6. The van der Waals surface area contributed by atoms with Gasteiger partial charge in [-0.1, -0.05) is 6.07 Å². The highest BCUT2D eigenvalue weighted by atomic mass is 16.5. The summed E-state index contributed by atoms with van der Waals surface area (Å²) < 4.78 is 5.68. The largest absolute Gasteiger partial charge is 0.496 e. The van der Waals surface area contributed by atoms with Crippen LogP contribution in [0.5, 0.6) is 5.75 Å². The Morgan fingerprint density at radius 2 is 1.94 bits per heavy atom. The molecule has 2 rings (SSSR count). The van der Waals surface area contributed by atoms with Gasteiger partial charge in [0.1, 0.15) is 5.75 Å². The minimum atomic E-state index is 0.0773. The van der Waals surface area contributed by atoms with E-state index in [9.17, 15) is 0 Å². The van der Waals surface area contributed by atoms with E-state index in [0.29, 0.717) is 0 Å². The number of nitrogens with one attached hydrogen (secondary N) is 1. The molecule has 0 spiro atoms. The summed E-state index contributed by atoms with van der Waals surface area (Å²) in [7, 11) is 1.78. The summed E-state index contributed by atoms with van der Waals surface area (Å²) in [5.41, 5.74) is 5.34. The van der Waals surface area contributed by atoms with Crippen LogP contribution in [0.4, 0.5) is 0 Å². The highest BCUT2D eigenvalue weighted by molar-refractivity contribution is 5.53. The van der Waals surface area contributed by atoms with Crippen molar-refractivity contribution in [1.29, 1.82) is 0 Å². The van der Waals surface area contributed by atoms with Gasteiger partial charge in [-0.05, 0) is 63.8 Å². The molecule has 1 N–H and O–H groups in total. The number of benzene rings is 1. The molecule has 0 bridgehead atoms. The fourth-order valence-corrected chi connectivity index (χ4v) is 3.10. The first kappa shape index (κ1) is 12.4. The molecule has 1 fully saturated rings. The van der Waals surface area contributed by atoms with Crippen LogP contribution in [0.1, 0.15) is 42.0 Å². The number of rotatable bonds is 2. The molecule has 94 valence electrons. The fourth-order valence-electron chi connectivity index (χ4n) is 3.10. The second-order valence-corrected chi connectivity index (χ2v) is 5.41. The second-order valence-electron chi connectivity index (χ2n) is 5.41. The van der Waals surface area contributed by atoms with Crippen LogP contribution in [-0.4, -0.2) is 13.7 Å². The van der Waals surface area contributed by atoms with Gasteiger partial charge in [0, 0.05) is 11.1 Å². The van der Waals surface area contributed by atoms with Crippen molar-refractivity contribution in [2.75, 3.05) is 13.7 Å². The van der Waals surface area contributed by atoms with Gasteiger partial charge < -0.3 is 10.1 Å². The van der Waals surface area contributed by atoms with E-state index in [1.165, 1.54) is 35.1 Å². The zero-order valence-electron chi connectivity index (χ0n) is 11.6. The molecule has 1 aliphatic rings. The fraction of sp³-hybridized carbons (Fsp3) is 0.600. The van der Waals surface area contributed by atoms with Crippen molar-refractivity contribution in [3.05, 3.63) is 28.3 Å². The summed E-state index contributed by atoms with van der Waals surface area (Å²) in [6.45, 7) is 9.88. The predicted octanol–water partition coefficient (Wildman–Crippen LogP) is 3.22. The molecule has 2 heteroatoms. The molecule has 0 amide bonds. The maximum atomic E-state index is 5.68. The molecule has 1 atom stereocenters. The summed E-state index contributed by atoms with van der Waals surface area (Å²) in [5.74, 6) is 1.07. The lowest BCUT2D eigenvalue weighted by molar-refractivity contribution is 0.367. The van der Waals surface area contributed by atoms with Gasteiger partial charge in [-0.15, -0.1) is 0 Å². The molecular formula is C15H23NO. The van der Waals surface area contributed by atoms with Crippen molar-refractivity contribution in [2.45, 2.75) is 46.1 Å². The number of hydrogen-bond acceptors (Lipinski definition) is 2. The highest BCUT2D eigenvalue weighted by Crippen LogP contribution is 2.41. The predicted molar refractivity (Wildman–Crippen MR) is 71.8 cm³/mol. The molecule has 1 heterocycles. The number of aryl methyl sites for hydroxylation is 2. The summed E-state index contributed by atoms with van der Waals surface area (Å²) in [4.78, 5) is 0. The van der Waals surface area contributed by atoms with Crippen molar-refractivity contribution in [2.24, 2.45) is 0 Å². The zero-order chi connectivity index (χ0) is 12.6. The summed E-state index contributed by atoms with van der Waals surface area (Å²) >= 11 is 0. The number of ether oxygens (including phenoxy) is 1. The van der Waals surface area contributed by atoms with E-state index in [1.807, 2.05) is 0 Å². The van der Waals surface area contributed by atoms with Crippen molar-refractivity contribution < 1.29 is 4.74 Å². The Kier molecular flexibility index (Phi) is 3.17. The van der Waals surface area contributed by atoms with Gasteiger partial charge in [0.15, 0.2) is 0 Å². The molecule has 0 radical (unpaired) electrons. The average molecular weight is 233 g/mol. The van der Waals surface area contributed by atoms with Gasteiger partial charge in [-0.25, -0.2) is 0 Å². The van der Waals surface area contributed by atoms with Gasteiger partial charge in [0.05, 0.1) is 7.11 Å².